The number of anilines is 1. The van der Waals surface area contributed by atoms with Crippen molar-refractivity contribution in [3.63, 3.8) is 0 Å². The van der Waals surface area contributed by atoms with Crippen LogP contribution in [0.5, 0.6) is 0 Å². The minimum atomic E-state index is -0.891. The summed E-state index contributed by atoms with van der Waals surface area (Å²) in [4.78, 5) is 4.10. The van der Waals surface area contributed by atoms with E-state index in [0.717, 1.165) is 18.3 Å². The van der Waals surface area contributed by atoms with Gasteiger partial charge >= 0.3 is 0 Å². The first-order valence-corrected chi connectivity index (χ1v) is 6.70. The molecule has 2 rings (SSSR count). The van der Waals surface area contributed by atoms with E-state index in [1.807, 2.05) is 32.0 Å². The highest BCUT2D eigenvalue weighted by Gasteiger charge is 2.35. The first-order valence-electron chi connectivity index (χ1n) is 6.70. The number of benzene rings is 1. The number of rotatable bonds is 5. The summed E-state index contributed by atoms with van der Waals surface area (Å²) in [5.74, 6) is 0. The largest absolute Gasteiger partial charge is 0.424 e. The van der Waals surface area contributed by atoms with Gasteiger partial charge in [-0.15, -0.1) is 0 Å². The van der Waals surface area contributed by atoms with Crippen LogP contribution in [-0.4, -0.2) is 35.1 Å². The lowest BCUT2D eigenvalue weighted by atomic mass is 9.71. The van der Waals surface area contributed by atoms with Gasteiger partial charge in [-0.1, -0.05) is 11.5 Å². The second kappa shape index (κ2) is 5.11. The molecule has 0 spiro atoms. The predicted molar refractivity (Wildman–Crippen MR) is 81.5 cm³/mol. The summed E-state index contributed by atoms with van der Waals surface area (Å²) in [5, 5.41) is 10.0. The van der Waals surface area contributed by atoms with Crippen LogP contribution in [0.4, 0.5) is 6.01 Å². The molecule has 5 nitrogen and oxygen atoms in total. The third kappa shape index (κ3) is 3.14. The molecule has 0 amide bonds. The van der Waals surface area contributed by atoms with Crippen LogP contribution >= 0.6 is 0 Å². The average Bonchev–Trinajstić information content (AvgIpc) is 2.66. The van der Waals surface area contributed by atoms with Crippen LogP contribution in [0.2, 0.25) is 0 Å². The Bertz CT molecular complexity index is 602. The van der Waals surface area contributed by atoms with Crippen molar-refractivity contribution in [1.82, 2.24) is 4.98 Å². The number of nitrogen functional groups attached to an aromatic ring is 1. The fraction of sp³-hybridized carbons (Fsp3) is 0.500. The fourth-order valence-electron chi connectivity index (χ4n) is 1.75. The maximum absolute atomic E-state index is 10.0. The average molecular weight is 276 g/mol. The maximum atomic E-state index is 10.0. The van der Waals surface area contributed by atoms with E-state index in [-0.39, 0.29) is 6.01 Å². The molecule has 20 heavy (non-hydrogen) atoms. The highest BCUT2D eigenvalue weighted by Crippen LogP contribution is 2.24. The lowest BCUT2D eigenvalue weighted by molar-refractivity contribution is -0.135. The van der Waals surface area contributed by atoms with Crippen molar-refractivity contribution in [2.24, 2.45) is 0 Å². The first-order chi connectivity index (χ1) is 9.19. The number of nitrogens with two attached hydrogens (primary N) is 1. The van der Waals surface area contributed by atoms with Gasteiger partial charge in [-0.05, 0) is 39.8 Å². The summed E-state index contributed by atoms with van der Waals surface area (Å²) in [7, 11) is 0.738. The lowest BCUT2D eigenvalue weighted by Crippen LogP contribution is -2.48. The highest BCUT2D eigenvalue weighted by molar-refractivity contribution is 6.53. The Kier molecular flexibility index (Phi) is 3.80. The molecule has 0 unspecified atom stereocenters. The monoisotopic (exact) mass is 276 g/mol. The Labute approximate surface area is 119 Å². The molecule has 1 aromatic heterocycles. The Morgan fingerprint density at radius 2 is 2.05 bits per heavy atom. The highest BCUT2D eigenvalue weighted by atomic mass is 16.5. The van der Waals surface area contributed by atoms with Crippen LogP contribution in [0.1, 0.15) is 27.7 Å². The van der Waals surface area contributed by atoms with E-state index in [0.29, 0.717) is 12.1 Å². The van der Waals surface area contributed by atoms with Crippen molar-refractivity contribution in [1.29, 1.82) is 0 Å². The smallest absolute Gasteiger partial charge is 0.292 e. The van der Waals surface area contributed by atoms with E-state index in [9.17, 15) is 5.11 Å². The van der Waals surface area contributed by atoms with E-state index in [2.05, 4.69) is 4.98 Å². The van der Waals surface area contributed by atoms with Gasteiger partial charge in [0.2, 0.25) is 0 Å². The number of hydrogen-bond acceptors (Lipinski definition) is 5. The van der Waals surface area contributed by atoms with E-state index >= 15 is 0 Å². The molecule has 0 saturated carbocycles. The SMILES string of the molecule is CC(C)(O)C(C)(C)OCBc1ccc2oc(N)nc2c1. The molecule has 1 aromatic carbocycles. The number of aromatic nitrogens is 1. The number of oxazole rings is 1. The van der Waals surface area contributed by atoms with Crippen LogP contribution in [0, 0.1) is 0 Å². The quantitative estimate of drug-likeness (QED) is 0.796. The summed E-state index contributed by atoms with van der Waals surface area (Å²) < 4.78 is 11.0. The normalized spacial score (nSPS) is 12.8. The van der Waals surface area contributed by atoms with Crippen molar-refractivity contribution in [3.05, 3.63) is 18.2 Å². The van der Waals surface area contributed by atoms with Crippen molar-refractivity contribution >= 4 is 29.9 Å². The van der Waals surface area contributed by atoms with Gasteiger partial charge in [0.1, 0.15) is 5.52 Å². The molecule has 108 valence electrons. The minimum absolute atomic E-state index is 0.177. The number of hydrogen-bond donors (Lipinski definition) is 2. The number of fused-ring (bicyclic) bond motifs is 1. The van der Waals surface area contributed by atoms with Gasteiger partial charge in [-0.3, -0.25) is 0 Å². The zero-order valence-electron chi connectivity index (χ0n) is 12.4. The number of aliphatic hydroxyl groups is 1. The second-order valence-electron chi connectivity index (χ2n) is 6.02. The zero-order chi connectivity index (χ0) is 15.0. The van der Waals surface area contributed by atoms with Crippen LogP contribution < -0.4 is 11.2 Å². The standard InChI is InChI=1S/C14H21BN2O3/c1-13(2,18)14(3,4)19-8-15-9-5-6-11-10(7-9)17-12(16)20-11/h5-7,15,18H,8H2,1-4H3,(H2,16,17). The minimum Gasteiger partial charge on any atom is -0.424 e. The molecule has 2 aromatic rings. The maximum Gasteiger partial charge on any atom is 0.292 e. The van der Waals surface area contributed by atoms with Crippen molar-refractivity contribution in [2.45, 2.75) is 38.9 Å². The van der Waals surface area contributed by atoms with Crippen LogP contribution in [0.15, 0.2) is 22.6 Å². The molecule has 0 atom stereocenters. The second-order valence-corrected chi connectivity index (χ2v) is 6.02. The van der Waals surface area contributed by atoms with E-state index < -0.39 is 11.2 Å². The Balaban J connectivity index is 1.99. The summed E-state index contributed by atoms with van der Waals surface area (Å²) in [6, 6.07) is 5.94. The molecule has 0 aliphatic carbocycles. The van der Waals surface area contributed by atoms with E-state index in [4.69, 9.17) is 14.9 Å². The molecule has 1 heterocycles. The molecular weight excluding hydrogens is 255 g/mol. The van der Waals surface area contributed by atoms with Gasteiger partial charge in [0.15, 0.2) is 12.9 Å². The molecule has 0 aliphatic heterocycles. The molecule has 0 fully saturated rings. The summed E-state index contributed by atoms with van der Waals surface area (Å²) in [5.41, 5.74) is 6.55. The third-order valence-corrected chi connectivity index (χ3v) is 3.80. The molecule has 0 saturated heterocycles. The molecule has 0 radical (unpaired) electrons. The van der Waals surface area contributed by atoms with Gasteiger partial charge in [0.25, 0.3) is 6.01 Å². The van der Waals surface area contributed by atoms with E-state index in [1.54, 1.807) is 13.8 Å². The summed E-state index contributed by atoms with van der Waals surface area (Å²) >= 11 is 0. The van der Waals surface area contributed by atoms with Gasteiger partial charge in [0.05, 0.1) is 11.2 Å². The van der Waals surface area contributed by atoms with E-state index in [1.165, 1.54) is 0 Å². The van der Waals surface area contributed by atoms with Crippen LogP contribution in [0.25, 0.3) is 11.1 Å². The topological polar surface area (TPSA) is 81.5 Å². The van der Waals surface area contributed by atoms with Crippen LogP contribution in [0.3, 0.4) is 0 Å². The van der Waals surface area contributed by atoms with Crippen molar-refractivity contribution in [2.75, 3.05) is 12.2 Å². The van der Waals surface area contributed by atoms with Crippen molar-refractivity contribution in [3.8, 4) is 0 Å². The van der Waals surface area contributed by atoms with Crippen LogP contribution in [-0.2, 0) is 4.74 Å². The Morgan fingerprint density at radius 3 is 2.70 bits per heavy atom. The fourth-order valence-corrected chi connectivity index (χ4v) is 1.75. The van der Waals surface area contributed by atoms with Gasteiger partial charge in [-0.25, -0.2) is 0 Å². The molecule has 3 N–H and O–H groups in total. The Morgan fingerprint density at radius 1 is 1.35 bits per heavy atom. The zero-order valence-corrected chi connectivity index (χ0v) is 12.4. The Hall–Kier alpha value is -1.53. The lowest BCUT2D eigenvalue weighted by Gasteiger charge is -2.37. The van der Waals surface area contributed by atoms with Gasteiger partial charge in [-0.2, -0.15) is 4.98 Å². The summed E-state index contributed by atoms with van der Waals surface area (Å²) in [6.07, 6.45) is 0. The van der Waals surface area contributed by atoms with Gasteiger partial charge in [0, 0.05) is 6.51 Å². The molecule has 0 aliphatic rings. The summed E-state index contributed by atoms with van der Waals surface area (Å²) in [6.45, 7) is 7.79. The van der Waals surface area contributed by atoms with Gasteiger partial charge < -0.3 is 20.0 Å². The third-order valence-electron chi connectivity index (χ3n) is 3.80. The molecule has 0 bridgehead atoms. The first kappa shape index (κ1) is 14.9. The number of nitrogens with zero attached hydrogens (tertiary/aromatic N) is 1. The molecular formula is C14H21BN2O3. The molecule has 6 heteroatoms. The predicted octanol–water partition coefficient (Wildman–Crippen LogP) is 0.995. The number of ether oxygens (including phenoxy) is 1. The van der Waals surface area contributed by atoms with Crippen molar-refractivity contribution < 1.29 is 14.3 Å².